The second-order valence-electron chi connectivity index (χ2n) is 6.06. The average molecular weight is 396 g/mol. The number of aromatic carboxylic acids is 1. The number of hydrogen-bond donors (Lipinski definition) is 2. The zero-order valence-electron chi connectivity index (χ0n) is 15.4. The summed E-state index contributed by atoms with van der Waals surface area (Å²) in [6, 6.07) is 6.07. The number of esters is 1. The lowest BCUT2D eigenvalue weighted by Crippen LogP contribution is -2.33. The van der Waals surface area contributed by atoms with Crippen LogP contribution in [0.3, 0.4) is 0 Å². The zero-order valence-corrected chi connectivity index (χ0v) is 15.4. The Labute approximate surface area is 164 Å². The van der Waals surface area contributed by atoms with Gasteiger partial charge in [-0.3, -0.25) is 14.0 Å². The Morgan fingerprint density at radius 1 is 1.17 bits per heavy atom. The summed E-state index contributed by atoms with van der Waals surface area (Å²) in [5.74, 6) is -2.85. The van der Waals surface area contributed by atoms with Gasteiger partial charge in [-0.2, -0.15) is 0 Å². The SMILES string of the molecule is COC(=O)c1ccc([C@@H](NC(=O)c2cc(C(=O)O)n3ccnc3n2)C(C)=O)cc1. The maximum Gasteiger partial charge on any atom is 0.353 e. The van der Waals surface area contributed by atoms with Gasteiger partial charge in [-0.25, -0.2) is 19.6 Å². The number of imidazole rings is 1. The van der Waals surface area contributed by atoms with Crippen molar-refractivity contribution in [3.63, 3.8) is 0 Å². The molecule has 0 aliphatic rings. The Hall–Kier alpha value is -4.08. The highest BCUT2D eigenvalue weighted by molar-refractivity contribution is 5.98. The van der Waals surface area contributed by atoms with Crippen LogP contribution in [0.15, 0.2) is 42.7 Å². The van der Waals surface area contributed by atoms with E-state index in [-0.39, 0.29) is 22.9 Å². The minimum absolute atomic E-state index is 0.0388. The summed E-state index contributed by atoms with van der Waals surface area (Å²) in [5.41, 5.74) is 0.347. The van der Waals surface area contributed by atoms with Crippen LogP contribution in [-0.4, -0.2) is 50.2 Å². The van der Waals surface area contributed by atoms with Crippen molar-refractivity contribution in [2.45, 2.75) is 13.0 Å². The summed E-state index contributed by atoms with van der Waals surface area (Å²) in [6.07, 6.45) is 2.77. The maximum absolute atomic E-state index is 12.7. The van der Waals surface area contributed by atoms with Crippen LogP contribution in [0.1, 0.15) is 49.9 Å². The van der Waals surface area contributed by atoms with Crippen molar-refractivity contribution in [2.75, 3.05) is 7.11 Å². The molecule has 0 unspecified atom stereocenters. The predicted molar refractivity (Wildman–Crippen MR) is 98.6 cm³/mol. The van der Waals surface area contributed by atoms with Crippen molar-refractivity contribution in [3.8, 4) is 0 Å². The fourth-order valence-electron chi connectivity index (χ4n) is 2.74. The zero-order chi connectivity index (χ0) is 21.1. The van der Waals surface area contributed by atoms with Gasteiger partial charge in [-0.05, 0) is 24.6 Å². The van der Waals surface area contributed by atoms with Gasteiger partial charge in [0.05, 0.1) is 12.7 Å². The first-order valence-electron chi connectivity index (χ1n) is 8.38. The van der Waals surface area contributed by atoms with Crippen LogP contribution in [0, 0.1) is 0 Å². The number of carbonyl (C=O) groups excluding carboxylic acids is 3. The van der Waals surface area contributed by atoms with E-state index in [9.17, 15) is 24.3 Å². The second kappa shape index (κ2) is 7.89. The normalized spacial score (nSPS) is 11.7. The lowest BCUT2D eigenvalue weighted by molar-refractivity contribution is -0.118. The van der Waals surface area contributed by atoms with Crippen molar-refractivity contribution >= 4 is 29.4 Å². The van der Waals surface area contributed by atoms with E-state index in [2.05, 4.69) is 20.0 Å². The van der Waals surface area contributed by atoms with Crippen LogP contribution >= 0.6 is 0 Å². The Bertz CT molecular complexity index is 1120. The number of ketones is 1. The molecule has 148 valence electrons. The lowest BCUT2D eigenvalue weighted by atomic mass is 10.0. The maximum atomic E-state index is 12.7. The lowest BCUT2D eigenvalue weighted by Gasteiger charge is -2.16. The van der Waals surface area contributed by atoms with E-state index in [1.807, 2.05) is 0 Å². The highest BCUT2D eigenvalue weighted by Gasteiger charge is 2.23. The number of ether oxygens (including phenoxy) is 1. The Morgan fingerprint density at radius 3 is 2.45 bits per heavy atom. The molecule has 1 amide bonds. The number of carboxylic acids is 1. The largest absolute Gasteiger partial charge is 0.477 e. The van der Waals surface area contributed by atoms with E-state index in [0.717, 1.165) is 6.07 Å². The van der Waals surface area contributed by atoms with E-state index >= 15 is 0 Å². The number of nitrogens with zero attached hydrogens (tertiary/aromatic N) is 3. The first-order chi connectivity index (χ1) is 13.8. The van der Waals surface area contributed by atoms with Crippen molar-refractivity contribution in [1.29, 1.82) is 0 Å². The number of benzene rings is 1. The number of Topliss-reactive ketones (excluding diaryl/α,β-unsaturated/α-hetero) is 1. The van der Waals surface area contributed by atoms with Gasteiger partial charge in [0.2, 0.25) is 5.78 Å². The highest BCUT2D eigenvalue weighted by atomic mass is 16.5. The Kier molecular flexibility index (Phi) is 5.35. The summed E-state index contributed by atoms with van der Waals surface area (Å²) in [7, 11) is 1.25. The summed E-state index contributed by atoms with van der Waals surface area (Å²) in [6.45, 7) is 1.30. The molecule has 0 fully saturated rings. The molecule has 0 saturated heterocycles. The van der Waals surface area contributed by atoms with Crippen molar-refractivity contribution in [3.05, 3.63) is 65.2 Å². The van der Waals surface area contributed by atoms with Gasteiger partial charge in [0, 0.05) is 18.5 Å². The number of methoxy groups -OCH3 is 1. The predicted octanol–water partition coefficient (Wildman–Crippen LogP) is 1.27. The van der Waals surface area contributed by atoms with E-state index in [1.165, 1.54) is 55.1 Å². The third-order valence-electron chi connectivity index (χ3n) is 4.17. The molecule has 0 bridgehead atoms. The molecule has 1 aromatic carbocycles. The molecule has 3 rings (SSSR count). The number of fused-ring (bicyclic) bond motifs is 1. The number of hydrogen-bond acceptors (Lipinski definition) is 7. The molecule has 0 saturated carbocycles. The van der Waals surface area contributed by atoms with Gasteiger partial charge < -0.3 is 15.2 Å². The van der Waals surface area contributed by atoms with Crippen molar-refractivity contribution in [2.24, 2.45) is 0 Å². The van der Waals surface area contributed by atoms with Gasteiger partial charge in [-0.1, -0.05) is 12.1 Å². The standard InChI is InChI=1S/C19H16N4O6/c1-10(24)15(11-3-5-12(6-4-11)18(28)29-2)22-16(25)13-9-14(17(26)27)23-8-7-20-19(23)21-13/h3-9,15H,1-2H3,(H,22,25)(H,26,27)/t15-/m0/s1. The first-order valence-corrected chi connectivity index (χ1v) is 8.38. The molecular weight excluding hydrogens is 380 g/mol. The first kappa shape index (κ1) is 19.7. The van der Waals surface area contributed by atoms with E-state index in [4.69, 9.17) is 0 Å². The van der Waals surface area contributed by atoms with Crippen LogP contribution in [0.5, 0.6) is 0 Å². The topological polar surface area (TPSA) is 140 Å². The van der Waals surface area contributed by atoms with Crippen LogP contribution < -0.4 is 5.32 Å². The van der Waals surface area contributed by atoms with Crippen molar-refractivity contribution in [1.82, 2.24) is 19.7 Å². The summed E-state index contributed by atoms with van der Waals surface area (Å²) < 4.78 is 5.85. The smallest absolute Gasteiger partial charge is 0.353 e. The Balaban J connectivity index is 1.90. The molecule has 1 atom stereocenters. The molecule has 10 nitrogen and oxygen atoms in total. The van der Waals surface area contributed by atoms with Crippen LogP contribution in [0.4, 0.5) is 0 Å². The number of rotatable bonds is 6. The van der Waals surface area contributed by atoms with Gasteiger partial charge in [0.1, 0.15) is 17.4 Å². The molecule has 3 aromatic rings. The monoisotopic (exact) mass is 396 g/mol. The highest BCUT2D eigenvalue weighted by Crippen LogP contribution is 2.17. The second-order valence-corrected chi connectivity index (χ2v) is 6.06. The Morgan fingerprint density at radius 2 is 1.86 bits per heavy atom. The minimum Gasteiger partial charge on any atom is -0.477 e. The minimum atomic E-state index is -1.26. The van der Waals surface area contributed by atoms with Crippen molar-refractivity contribution < 1.29 is 29.0 Å². The fourth-order valence-corrected chi connectivity index (χ4v) is 2.74. The van der Waals surface area contributed by atoms with Crippen LogP contribution in [0.2, 0.25) is 0 Å². The summed E-state index contributed by atoms with van der Waals surface area (Å²) in [4.78, 5) is 55.7. The quantitative estimate of drug-likeness (QED) is 0.594. The molecular formula is C19H16N4O6. The van der Waals surface area contributed by atoms with E-state index in [0.29, 0.717) is 11.1 Å². The third-order valence-corrected chi connectivity index (χ3v) is 4.17. The molecule has 10 heteroatoms. The molecule has 2 aromatic heterocycles. The summed E-state index contributed by atoms with van der Waals surface area (Å²) in [5, 5.41) is 11.9. The van der Waals surface area contributed by atoms with Gasteiger partial charge >= 0.3 is 11.9 Å². The van der Waals surface area contributed by atoms with Gasteiger partial charge in [-0.15, -0.1) is 0 Å². The molecule has 29 heavy (non-hydrogen) atoms. The molecule has 0 radical (unpaired) electrons. The van der Waals surface area contributed by atoms with Gasteiger partial charge in [0.15, 0.2) is 5.78 Å². The molecule has 2 heterocycles. The number of nitrogens with one attached hydrogen (secondary N) is 1. The van der Waals surface area contributed by atoms with E-state index < -0.39 is 23.9 Å². The van der Waals surface area contributed by atoms with Crippen LogP contribution in [0.25, 0.3) is 5.78 Å². The molecule has 2 N–H and O–H groups in total. The number of carbonyl (C=O) groups is 4. The molecule has 0 aliphatic carbocycles. The fraction of sp³-hybridized carbons (Fsp3) is 0.158. The molecule has 0 spiro atoms. The van der Waals surface area contributed by atoms with Gasteiger partial charge in [0.25, 0.3) is 5.91 Å². The summed E-state index contributed by atoms with van der Waals surface area (Å²) >= 11 is 0. The number of amides is 1. The third kappa shape index (κ3) is 3.95. The molecule has 0 aliphatic heterocycles. The average Bonchev–Trinajstić information content (AvgIpc) is 3.18. The van der Waals surface area contributed by atoms with Crippen LogP contribution in [-0.2, 0) is 9.53 Å². The number of aromatic nitrogens is 3. The number of carboxylic acid groups (broad SMARTS) is 1. The van der Waals surface area contributed by atoms with E-state index in [1.54, 1.807) is 0 Å².